The number of carbonyl (C=O) groups is 2. The predicted molar refractivity (Wildman–Crippen MR) is 57.9 cm³/mol. The minimum Gasteiger partial charge on any atom is -0.467 e. The van der Waals surface area contributed by atoms with Gasteiger partial charge in [-0.1, -0.05) is 0 Å². The average molecular weight is 248 g/mol. The molecule has 0 spiro atoms. The number of methoxy groups -OCH3 is 1. The SMILES string of the molecule is COC(=O)[C@H](O)[C@@H](O)C(=O)NCCNCC[NH]. The Morgan fingerprint density at radius 1 is 1.24 bits per heavy atom. The van der Waals surface area contributed by atoms with Crippen LogP contribution in [0.3, 0.4) is 0 Å². The number of esters is 1. The van der Waals surface area contributed by atoms with E-state index in [4.69, 9.17) is 5.73 Å². The Bertz CT molecular complexity index is 249. The molecule has 1 radical (unpaired) electrons. The Morgan fingerprint density at radius 2 is 1.88 bits per heavy atom. The summed E-state index contributed by atoms with van der Waals surface area (Å²) in [5, 5.41) is 23.6. The zero-order valence-corrected chi connectivity index (χ0v) is 9.60. The van der Waals surface area contributed by atoms with Gasteiger partial charge in [-0.05, 0) is 0 Å². The molecule has 0 rings (SSSR count). The van der Waals surface area contributed by atoms with Crippen molar-refractivity contribution in [3.63, 3.8) is 0 Å². The number of hydrogen-bond acceptors (Lipinski definition) is 6. The number of carbonyl (C=O) groups excluding carboxylic acids is 2. The molecule has 0 bridgehead atoms. The number of aliphatic hydroxyl groups excluding tert-OH is 2. The van der Waals surface area contributed by atoms with Gasteiger partial charge in [0, 0.05) is 26.2 Å². The van der Waals surface area contributed by atoms with E-state index in [9.17, 15) is 19.8 Å². The van der Waals surface area contributed by atoms with Crippen molar-refractivity contribution in [1.29, 1.82) is 0 Å². The van der Waals surface area contributed by atoms with Gasteiger partial charge in [0.1, 0.15) is 0 Å². The second kappa shape index (κ2) is 8.88. The van der Waals surface area contributed by atoms with Gasteiger partial charge in [-0.15, -0.1) is 0 Å². The minimum absolute atomic E-state index is 0.226. The molecule has 99 valence electrons. The summed E-state index contributed by atoms with van der Waals surface area (Å²) < 4.78 is 4.18. The van der Waals surface area contributed by atoms with E-state index < -0.39 is 24.1 Å². The number of ether oxygens (including phenoxy) is 1. The lowest BCUT2D eigenvalue weighted by Gasteiger charge is -2.15. The molecular formula is C9H18N3O5. The van der Waals surface area contributed by atoms with Gasteiger partial charge < -0.3 is 25.6 Å². The van der Waals surface area contributed by atoms with Crippen LogP contribution >= 0.6 is 0 Å². The van der Waals surface area contributed by atoms with Crippen LogP contribution in [0.15, 0.2) is 0 Å². The van der Waals surface area contributed by atoms with Crippen LogP contribution in [-0.2, 0) is 14.3 Å². The third-order valence-corrected chi connectivity index (χ3v) is 1.91. The summed E-state index contributed by atoms with van der Waals surface area (Å²) in [7, 11) is 1.04. The molecule has 0 unspecified atom stereocenters. The molecule has 8 heteroatoms. The Kier molecular flexibility index (Phi) is 8.24. The van der Waals surface area contributed by atoms with Gasteiger partial charge in [-0.25, -0.2) is 4.79 Å². The van der Waals surface area contributed by atoms with Gasteiger partial charge in [0.05, 0.1) is 7.11 Å². The van der Waals surface area contributed by atoms with E-state index in [0.717, 1.165) is 7.11 Å². The summed E-state index contributed by atoms with van der Waals surface area (Å²) in [6, 6.07) is 0. The number of aliphatic hydroxyl groups is 2. The lowest BCUT2D eigenvalue weighted by molar-refractivity contribution is -0.161. The van der Waals surface area contributed by atoms with Crippen molar-refractivity contribution in [2.45, 2.75) is 12.2 Å². The zero-order valence-electron chi connectivity index (χ0n) is 9.60. The lowest BCUT2D eigenvalue weighted by atomic mass is 10.2. The molecule has 0 fully saturated rings. The van der Waals surface area contributed by atoms with Gasteiger partial charge in [-0.3, -0.25) is 10.5 Å². The van der Waals surface area contributed by atoms with Crippen LogP contribution in [0.1, 0.15) is 0 Å². The van der Waals surface area contributed by atoms with E-state index in [2.05, 4.69) is 15.4 Å². The Morgan fingerprint density at radius 3 is 2.41 bits per heavy atom. The van der Waals surface area contributed by atoms with E-state index in [1.807, 2.05) is 0 Å². The maximum atomic E-state index is 11.2. The summed E-state index contributed by atoms with van der Waals surface area (Å²) >= 11 is 0. The van der Waals surface area contributed by atoms with Crippen LogP contribution in [0, 0.1) is 0 Å². The van der Waals surface area contributed by atoms with Crippen molar-refractivity contribution in [3.05, 3.63) is 0 Å². The molecule has 0 aromatic heterocycles. The minimum atomic E-state index is -1.89. The normalized spacial score (nSPS) is 13.9. The average Bonchev–Trinajstić information content (AvgIpc) is 2.35. The number of rotatable bonds is 8. The maximum Gasteiger partial charge on any atom is 0.338 e. The van der Waals surface area contributed by atoms with Crippen molar-refractivity contribution in [2.75, 3.05) is 33.3 Å². The van der Waals surface area contributed by atoms with Crippen LogP contribution in [0.2, 0.25) is 0 Å². The summed E-state index contributed by atoms with van der Waals surface area (Å²) in [6.07, 6.45) is -3.74. The first-order valence-electron chi connectivity index (χ1n) is 5.11. The molecule has 1 amide bonds. The smallest absolute Gasteiger partial charge is 0.338 e. The molecular weight excluding hydrogens is 230 g/mol. The van der Waals surface area contributed by atoms with Crippen molar-refractivity contribution in [2.24, 2.45) is 0 Å². The molecule has 0 aliphatic heterocycles. The highest BCUT2D eigenvalue weighted by Crippen LogP contribution is 1.96. The largest absolute Gasteiger partial charge is 0.467 e. The second-order valence-electron chi connectivity index (χ2n) is 3.20. The van der Waals surface area contributed by atoms with E-state index in [1.165, 1.54) is 0 Å². The third kappa shape index (κ3) is 6.17. The van der Waals surface area contributed by atoms with E-state index in [0.29, 0.717) is 13.1 Å². The number of hydrogen-bond donors (Lipinski definition) is 4. The second-order valence-corrected chi connectivity index (χ2v) is 3.20. The lowest BCUT2D eigenvalue weighted by Crippen LogP contribution is -2.47. The molecule has 2 atom stereocenters. The van der Waals surface area contributed by atoms with Gasteiger partial charge in [-0.2, -0.15) is 0 Å². The van der Waals surface area contributed by atoms with Crippen LogP contribution in [-0.4, -0.2) is 67.6 Å². The molecule has 0 aromatic carbocycles. The summed E-state index contributed by atoms with van der Waals surface area (Å²) in [4.78, 5) is 22.1. The maximum absolute atomic E-state index is 11.2. The predicted octanol–water partition coefficient (Wildman–Crippen LogP) is -3.13. The molecule has 0 saturated heterocycles. The summed E-state index contributed by atoms with van der Waals surface area (Å²) in [5.74, 6) is -1.92. The molecule has 17 heavy (non-hydrogen) atoms. The van der Waals surface area contributed by atoms with Gasteiger partial charge in [0.25, 0.3) is 5.91 Å². The van der Waals surface area contributed by atoms with Crippen LogP contribution in [0.5, 0.6) is 0 Å². The monoisotopic (exact) mass is 248 g/mol. The topological polar surface area (TPSA) is 132 Å². The Labute approximate surface area is 99.1 Å². The quantitative estimate of drug-likeness (QED) is 0.265. The molecule has 0 saturated carbocycles. The fraction of sp³-hybridized carbons (Fsp3) is 0.778. The van der Waals surface area contributed by atoms with Gasteiger partial charge >= 0.3 is 5.97 Å². The molecule has 0 aliphatic carbocycles. The van der Waals surface area contributed by atoms with E-state index in [1.54, 1.807) is 0 Å². The van der Waals surface area contributed by atoms with Crippen molar-refractivity contribution < 1.29 is 24.5 Å². The summed E-state index contributed by atoms with van der Waals surface area (Å²) in [5.41, 5.74) is 6.84. The standard InChI is InChI=1S/C9H18N3O5/c1-17-9(16)7(14)6(13)8(15)12-5-4-11-3-2-10/h6-7,10-11,13-14H,2-5H2,1H3,(H,12,15)/t6-,7-/m1/s1. The third-order valence-electron chi connectivity index (χ3n) is 1.91. The van der Waals surface area contributed by atoms with Crippen molar-refractivity contribution in [1.82, 2.24) is 16.4 Å². The highest BCUT2D eigenvalue weighted by atomic mass is 16.5. The molecule has 0 aliphatic rings. The first-order chi connectivity index (χ1) is 8.04. The van der Waals surface area contributed by atoms with E-state index in [-0.39, 0.29) is 13.1 Å². The van der Waals surface area contributed by atoms with Crippen LogP contribution in [0.25, 0.3) is 0 Å². The molecule has 0 aromatic rings. The van der Waals surface area contributed by atoms with Crippen LogP contribution in [0.4, 0.5) is 0 Å². The van der Waals surface area contributed by atoms with Gasteiger partial charge in [0.15, 0.2) is 12.2 Å². The Balaban J connectivity index is 3.85. The molecule has 5 N–H and O–H groups in total. The van der Waals surface area contributed by atoms with Crippen LogP contribution < -0.4 is 16.4 Å². The van der Waals surface area contributed by atoms with E-state index >= 15 is 0 Å². The van der Waals surface area contributed by atoms with Gasteiger partial charge in [0.2, 0.25) is 0 Å². The van der Waals surface area contributed by atoms with Crippen molar-refractivity contribution >= 4 is 11.9 Å². The highest BCUT2D eigenvalue weighted by molar-refractivity contribution is 5.88. The highest BCUT2D eigenvalue weighted by Gasteiger charge is 2.30. The number of amides is 1. The van der Waals surface area contributed by atoms with Crippen molar-refractivity contribution in [3.8, 4) is 0 Å². The zero-order chi connectivity index (χ0) is 13.3. The molecule has 0 heterocycles. The Hall–Kier alpha value is -1.22. The number of nitrogens with one attached hydrogen (secondary N) is 3. The summed E-state index contributed by atoms with van der Waals surface area (Å²) in [6.45, 7) is 1.40. The fourth-order valence-electron chi connectivity index (χ4n) is 0.985. The fourth-order valence-corrected chi connectivity index (χ4v) is 0.985. The first kappa shape index (κ1) is 15.8. The first-order valence-corrected chi connectivity index (χ1v) is 5.11. The molecule has 8 nitrogen and oxygen atoms in total.